The fourth-order valence-electron chi connectivity index (χ4n) is 2.31. The van der Waals surface area contributed by atoms with Crippen molar-refractivity contribution in [3.63, 3.8) is 0 Å². The lowest BCUT2D eigenvalue weighted by Crippen LogP contribution is -2.47. The molecule has 0 saturated carbocycles. The van der Waals surface area contributed by atoms with Gasteiger partial charge in [0.2, 0.25) is 11.8 Å². The van der Waals surface area contributed by atoms with Gasteiger partial charge in [-0.3, -0.25) is 9.59 Å². The van der Waals surface area contributed by atoms with Crippen LogP contribution >= 0.6 is 0 Å². The van der Waals surface area contributed by atoms with Gasteiger partial charge in [-0.1, -0.05) is 30.3 Å². The third-order valence-corrected chi connectivity index (χ3v) is 3.29. The molecule has 1 aliphatic rings. The molecular formula is C13H17N3O2. The van der Waals surface area contributed by atoms with Crippen LogP contribution in [0.25, 0.3) is 0 Å². The number of hydrogen-bond acceptors (Lipinski definition) is 3. The maximum atomic E-state index is 12.3. The predicted molar refractivity (Wildman–Crippen MR) is 67.3 cm³/mol. The number of carbonyl (C=O) groups is 2. The van der Waals surface area contributed by atoms with Crippen LogP contribution in [0.3, 0.4) is 0 Å². The van der Waals surface area contributed by atoms with Crippen LogP contribution < -0.4 is 11.5 Å². The minimum atomic E-state index is -0.730. The Kier molecular flexibility index (Phi) is 3.62. The Balaban J connectivity index is 2.14. The Morgan fingerprint density at radius 3 is 2.56 bits per heavy atom. The van der Waals surface area contributed by atoms with E-state index in [-0.39, 0.29) is 5.91 Å². The van der Waals surface area contributed by atoms with Crippen LogP contribution in [-0.2, 0) is 9.59 Å². The van der Waals surface area contributed by atoms with Crippen molar-refractivity contribution in [2.45, 2.75) is 24.9 Å². The highest BCUT2D eigenvalue weighted by Crippen LogP contribution is 2.21. The standard InChI is InChI=1S/C13H17N3O2/c14-11(9-5-2-1-3-6-9)13(18)16-8-4-7-10(16)12(15)17/h1-3,5-6,10-11H,4,7-8,14H2,(H2,15,17)/t10?,11-/m1/s1. The van der Waals surface area contributed by atoms with Gasteiger partial charge >= 0.3 is 0 Å². The first kappa shape index (κ1) is 12.6. The summed E-state index contributed by atoms with van der Waals surface area (Å²) in [5.74, 6) is -0.691. The minimum Gasteiger partial charge on any atom is -0.368 e. The number of benzene rings is 1. The van der Waals surface area contributed by atoms with Crippen molar-refractivity contribution in [2.24, 2.45) is 11.5 Å². The Morgan fingerprint density at radius 2 is 1.94 bits per heavy atom. The monoisotopic (exact) mass is 247 g/mol. The minimum absolute atomic E-state index is 0.234. The van der Waals surface area contributed by atoms with Gasteiger partial charge in [0.1, 0.15) is 12.1 Å². The van der Waals surface area contributed by atoms with E-state index in [9.17, 15) is 9.59 Å². The molecule has 1 unspecified atom stereocenters. The van der Waals surface area contributed by atoms with Crippen LogP contribution in [0.5, 0.6) is 0 Å². The molecule has 0 bridgehead atoms. The normalized spacial score (nSPS) is 20.7. The molecule has 1 heterocycles. The van der Waals surface area contributed by atoms with Gasteiger partial charge < -0.3 is 16.4 Å². The molecule has 0 spiro atoms. The van der Waals surface area contributed by atoms with Gasteiger partial charge in [-0.05, 0) is 18.4 Å². The molecule has 0 aromatic heterocycles. The molecule has 5 nitrogen and oxygen atoms in total. The van der Waals surface area contributed by atoms with E-state index in [1.54, 1.807) is 12.1 Å². The molecule has 0 aliphatic carbocycles. The average molecular weight is 247 g/mol. The van der Waals surface area contributed by atoms with Crippen molar-refractivity contribution in [1.29, 1.82) is 0 Å². The van der Waals surface area contributed by atoms with Gasteiger partial charge in [-0.25, -0.2) is 0 Å². The first-order valence-electron chi connectivity index (χ1n) is 6.01. The maximum absolute atomic E-state index is 12.3. The number of primary amides is 1. The van der Waals surface area contributed by atoms with Gasteiger partial charge in [0.05, 0.1) is 0 Å². The third kappa shape index (κ3) is 2.36. The van der Waals surface area contributed by atoms with Crippen molar-refractivity contribution >= 4 is 11.8 Å². The molecular weight excluding hydrogens is 230 g/mol. The van der Waals surface area contributed by atoms with Gasteiger partial charge in [0, 0.05) is 6.54 Å². The molecule has 96 valence electrons. The third-order valence-electron chi connectivity index (χ3n) is 3.29. The molecule has 18 heavy (non-hydrogen) atoms. The zero-order valence-corrected chi connectivity index (χ0v) is 10.1. The number of nitrogens with two attached hydrogens (primary N) is 2. The predicted octanol–water partition coefficient (Wildman–Crippen LogP) is 0.163. The first-order valence-corrected chi connectivity index (χ1v) is 6.01. The highest BCUT2D eigenvalue weighted by Gasteiger charge is 2.35. The summed E-state index contributed by atoms with van der Waals surface area (Å²) in [6.45, 7) is 0.549. The fourth-order valence-corrected chi connectivity index (χ4v) is 2.31. The summed E-state index contributed by atoms with van der Waals surface area (Å²) in [6, 6.07) is 7.90. The maximum Gasteiger partial charge on any atom is 0.244 e. The first-order chi connectivity index (χ1) is 8.61. The molecule has 2 amide bonds. The molecule has 1 saturated heterocycles. The summed E-state index contributed by atoms with van der Waals surface area (Å²) in [5.41, 5.74) is 12.0. The largest absolute Gasteiger partial charge is 0.368 e. The molecule has 1 aromatic rings. The lowest BCUT2D eigenvalue weighted by Gasteiger charge is -2.25. The second-order valence-electron chi connectivity index (χ2n) is 4.48. The summed E-state index contributed by atoms with van der Waals surface area (Å²) >= 11 is 0. The average Bonchev–Trinajstić information content (AvgIpc) is 2.87. The lowest BCUT2D eigenvalue weighted by molar-refractivity contribution is -0.138. The number of hydrogen-bond donors (Lipinski definition) is 2. The van der Waals surface area contributed by atoms with E-state index in [1.165, 1.54) is 4.90 Å². The quantitative estimate of drug-likeness (QED) is 0.797. The van der Waals surface area contributed by atoms with Gasteiger partial charge in [0.15, 0.2) is 0 Å². The van der Waals surface area contributed by atoms with Crippen LogP contribution in [-0.4, -0.2) is 29.3 Å². The van der Waals surface area contributed by atoms with E-state index in [0.29, 0.717) is 13.0 Å². The summed E-state index contributed by atoms with van der Waals surface area (Å²) < 4.78 is 0. The molecule has 4 N–H and O–H groups in total. The second kappa shape index (κ2) is 5.18. The van der Waals surface area contributed by atoms with Crippen molar-refractivity contribution in [2.75, 3.05) is 6.54 Å². The van der Waals surface area contributed by atoms with E-state index in [0.717, 1.165) is 12.0 Å². The molecule has 0 radical (unpaired) electrons. The Labute approximate surface area is 106 Å². The second-order valence-corrected chi connectivity index (χ2v) is 4.48. The lowest BCUT2D eigenvalue weighted by atomic mass is 10.1. The van der Waals surface area contributed by atoms with Crippen LogP contribution in [0, 0.1) is 0 Å². The molecule has 2 atom stereocenters. The summed E-state index contributed by atoms with van der Waals surface area (Å²) in [4.78, 5) is 25.0. The summed E-state index contributed by atoms with van der Waals surface area (Å²) in [7, 11) is 0. The Bertz CT molecular complexity index is 447. The van der Waals surface area contributed by atoms with Crippen molar-refractivity contribution in [3.05, 3.63) is 35.9 Å². The molecule has 1 aromatic carbocycles. The molecule has 2 rings (SSSR count). The van der Waals surface area contributed by atoms with Crippen LogP contribution in [0.1, 0.15) is 24.4 Å². The molecule has 1 aliphatic heterocycles. The number of amides is 2. The topological polar surface area (TPSA) is 89.4 Å². The van der Waals surface area contributed by atoms with E-state index in [1.807, 2.05) is 18.2 Å². The van der Waals surface area contributed by atoms with Gasteiger partial charge in [-0.2, -0.15) is 0 Å². The van der Waals surface area contributed by atoms with Gasteiger partial charge in [0.25, 0.3) is 0 Å². The smallest absolute Gasteiger partial charge is 0.244 e. The van der Waals surface area contributed by atoms with Gasteiger partial charge in [-0.15, -0.1) is 0 Å². The summed E-state index contributed by atoms with van der Waals surface area (Å²) in [5, 5.41) is 0. The number of carbonyl (C=O) groups excluding carboxylic acids is 2. The van der Waals surface area contributed by atoms with Crippen molar-refractivity contribution in [1.82, 2.24) is 4.90 Å². The molecule has 5 heteroatoms. The van der Waals surface area contributed by atoms with E-state index < -0.39 is 18.0 Å². The highest BCUT2D eigenvalue weighted by molar-refractivity contribution is 5.90. The zero-order chi connectivity index (χ0) is 13.1. The number of nitrogens with zero attached hydrogens (tertiary/aromatic N) is 1. The van der Waals surface area contributed by atoms with Crippen LogP contribution in [0.15, 0.2) is 30.3 Å². The Hall–Kier alpha value is -1.88. The van der Waals surface area contributed by atoms with Crippen molar-refractivity contribution in [3.8, 4) is 0 Å². The Morgan fingerprint density at radius 1 is 1.28 bits per heavy atom. The van der Waals surface area contributed by atoms with Crippen molar-refractivity contribution < 1.29 is 9.59 Å². The highest BCUT2D eigenvalue weighted by atomic mass is 16.2. The number of likely N-dealkylation sites (tertiary alicyclic amines) is 1. The zero-order valence-electron chi connectivity index (χ0n) is 10.1. The SMILES string of the molecule is NC(=O)C1CCCN1C(=O)[C@H](N)c1ccccc1. The van der Waals surface area contributed by atoms with E-state index in [2.05, 4.69) is 0 Å². The van der Waals surface area contributed by atoms with Crippen LogP contribution in [0.2, 0.25) is 0 Å². The number of rotatable bonds is 3. The molecule has 1 fully saturated rings. The summed E-state index contributed by atoms with van der Waals surface area (Å²) in [6.07, 6.45) is 1.42. The fraction of sp³-hybridized carbons (Fsp3) is 0.385. The van der Waals surface area contributed by atoms with E-state index >= 15 is 0 Å². The van der Waals surface area contributed by atoms with E-state index in [4.69, 9.17) is 11.5 Å². The van der Waals surface area contributed by atoms with Crippen LogP contribution in [0.4, 0.5) is 0 Å².